The average Bonchev–Trinajstić information content (AvgIpc) is 2.38. The minimum atomic E-state index is -4.52. The minimum absolute atomic E-state index is 0.0183. The highest BCUT2D eigenvalue weighted by Gasteiger charge is 2.30. The van der Waals surface area contributed by atoms with Crippen molar-refractivity contribution in [1.82, 2.24) is 4.98 Å². The molecule has 0 unspecified atom stereocenters. The lowest BCUT2D eigenvalue weighted by Gasteiger charge is -2.08. The maximum absolute atomic E-state index is 13.7. The summed E-state index contributed by atoms with van der Waals surface area (Å²) in [6.07, 6.45) is -3.49. The zero-order valence-corrected chi connectivity index (χ0v) is 10.5. The van der Waals surface area contributed by atoms with Gasteiger partial charge in [0.05, 0.1) is 16.3 Å². The van der Waals surface area contributed by atoms with Crippen LogP contribution >= 0.6 is 11.6 Å². The molecule has 0 aliphatic carbocycles. The molecule has 2 aromatic rings. The second-order valence-corrected chi connectivity index (χ2v) is 4.31. The van der Waals surface area contributed by atoms with Gasteiger partial charge in [0.2, 0.25) is 0 Å². The van der Waals surface area contributed by atoms with E-state index >= 15 is 0 Å². The summed E-state index contributed by atoms with van der Waals surface area (Å²) in [6, 6.07) is 3.88. The van der Waals surface area contributed by atoms with Gasteiger partial charge in [-0.1, -0.05) is 11.6 Å². The molecule has 0 saturated heterocycles. The Bertz CT molecular complexity index is 653. The van der Waals surface area contributed by atoms with Crippen molar-refractivity contribution in [2.45, 2.75) is 6.18 Å². The molecule has 1 heterocycles. The van der Waals surface area contributed by atoms with Crippen molar-refractivity contribution in [3.05, 3.63) is 52.4 Å². The van der Waals surface area contributed by atoms with E-state index in [1.54, 1.807) is 0 Å². The standard InChI is InChI=1S/C13H6ClF4NO/c14-10-4-11(15)9(3-7(10)6-20)12-2-1-8(5-19-12)13(16,17)18/h1-6H. The molecule has 0 aliphatic rings. The SMILES string of the molecule is O=Cc1cc(-c2ccc(C(F)(F)F)cn2)c(F)cc1Cl. The van der Waals surface area contributed by atoms with Gasteiger partial charge in [0, 0.05) is 17.3 Å². The molecule has 0 fully saturated rings. The van der Waals surface area contributed by atoms with Crippen LogP contribution in [0, 0.1) is 5.82 Å². The molecule has 0 N–H and O–H groups in total. The summed E-state index contributed by atoms with van der Waals surface area (Å²) < 4.78 is 50.9. The van der Waals surface area contributed by atoms with E-state index < -0.39 is 17.6 Å². The second kappa shape index (κ2) is 5.20. The number of nitrogens with zero attached hydrogens (tertiary/aromatic N) is 1. The summed E-state index contributed by atoms with van der Waals surface area (Å²) in [5, 5.41) is -0.0758. The molecule has 7 heteroatoms. The van der Waals surface area contributed by atoms with Crippen molar-refractivity contribution in [3.63, 3.8) is 0 Å². The van der Waals surface area contributed by atoms with E-state index in [4.69, 9.17) is 11.6 Å². The van der Waals surface area contributed by atoms with E-state index in [1.807, 2.05) is 0 Å². The highest BCUT2D eigenvalue weighted by Crippen LogP contribution is 2.31. The van der Waals surface area contributed by atoms with Crippen LogP contribution < -0.4 is 0 Å². The Morgan fingerprint density at radius 2 is 1.90 bits per heavy atom. The summed E-state index contributed by atoms with van der Waals surface area (Å²) in [7, 11) is 0. The van der Waals surface area contributed by atoms with Crippen LogP contribution in [0.4, 0.5) is 17.6 Å². The summed E-state index contributed by atoms with van der Waals surface area (Å²) in [4.78, 5) is 14.3. The Morgan fingerprint density at radius 3 is 2.40 bits per heavy atom. The molecular formula is C13H6ClF4NO. The largest absolute Gasteiger partial charge is 0.417 e. The van der Waals surface area contributed by atoms with Gasteiger partial charge in [0.15, 0.2) is 6.29 Å². The van der Waals surface area contributed by atoms with Gasteiger partial charge < -0.3 is 0 Å². The molecule has 1 aromatic carbocycles. The topological polar surface area (TPSA) is 30.0 Å². The Kier molecular flexibility index (Phi) is 3.76. The van der Waals surface area contributed by atoms with Crippen LogP contribution in [0.1, 0.15) is 15.9 Å². The fraction of sp³-hybridized carbons (Fsp3) is 0.0769. The van der Waals surface area contributed by atoms with Crippen LogP contribution in [-0.2, 0) is 6.18 Å². The normalized spacial score (nSPS) is 11.4. The summed E-state index contributed by atoms with van der Waals surface area (Å²) in [6.45, 7) is 0. The van der Waals surface area contributed by atoms with Crippen LogP contribution in [0.25, 0.3) is 11.3 Å². The van der Waals surface area contributed by atoms with Gasteiger partial charge in [-0.15, -0.1) is 0 Å². The molecule has 2 rings (SSSR count). The number of carbonyl (C=O) groups excluding carboxylic acids is 1. The first-order valence-corrected chi connectivity index (χ1v) is 5.68. The van der Waals surface area contributed by atoms with Gasteiger partial charge in [-0.2, -0.15) is 13.2 Å². The lowest BCUT2D eigenvalue weighted by molar-refractivity contribution is -0.137. The molecule has 1 aromatic heterocycles. The number of alkyl halides is 3. The monoisotopic (exact) mass is 303 g/mol. The van der Waals surface area contributed by atoms with E-state index in [-0.39, 0.29) is 21.8 Å². The van der Waals surface area contributed by atoms with Gasteiger partial charge in [-0.3, -0.25) is 9.78 Å². The molecule has 0 atom stereocenters. The maximum atomic E-state index is 13.7. The first-order chi connectivity index (χ1) is 9.32. The second-order valence-electron chi connectivity index (χ2n) is 3.90. The van der Waals surface area contributed by atoms with E-state index in [1.165, 1.54) is 0 Å². The lowest BCUT2D eigenvalue weighted by Crippen LogP contribution is -2.05. The number of hydrogen-bond donors (Lipinski definition) is 0. The molecule has 104 valence electrons. The number of halogens is 5. The third-order valence-electron chi connectivity index (χ3n) is 2.58. The summed E-state index contributed by atoms with van der Waals surface area (Å²) in [5.41, 5.74) is -1.02. The van der Waals surface area contributed by atoms with Crippen LogP contribution in [0.3, 0.4) is 0 Å². The fourth-order valence-corrected chi connectivity index (χ4v) is 1.77. The number of benzene rings is 1. The molecule has 0 amide bonds. The molecular weight excluding hydrogens is 298 g/mol. The zero-order chi connectivity index (χ0) is 14.9. The number of carbonyl (C=O) groups is 1. The van der Waals surface area contributed by atoms with Crippen LogP contribution in [0.5, 0.6) is 0 Å². The first-order valence-electron chi connectivity index (χ1n) is 5.31. The van der Waals surface area contributed by atoms with Crippen molar-refractivity contribution >= 4 is 17.9 Å². The molecule has 0 bridgehead atoms. The van der Waals surface area contributed by atoms with Crippen molar-refractivity contribution in [1.29, 1.82) is 0 Å². The smallest absolute Gasteiger partial charge is 0.298 e. The van der Waals surface area contributed by atoms with Gasteiger partial charge in [-0.05, 0) is 24.3 Å². The highest BCUT2D eigenvalue weighted by atomic mass is 35.5. The highest BCUT2D eigenvalue weighted by molar-refractivity contribution is 6.33. The molecule has 0 radical (unpaired) electrons. The minimum Gasteiger partial charge on any atom is -0.298 e. The third-order valence-corrected chi connectivity index (χ3v) is 2.91. The van der Waals surface area contributed by atoms with E-state index in [0.717, 1.165) is 24.3 Å². The Hall–Kier alpha value is -1.95. The summed E-state index contributed by atoms with van der Waals surface area (Å²) >= 11 is 5.63. The fourth-order valence-electron chi connectivity index (χ4n) is 1.57. The molecule has 0 saturated carbocycles. The molecule has 0 spiro atoms. The quantitative estimate of drug-likeness (QED) is 0.609. The van der Waals surface area contributed by atoms with E-state index in [9.17, 15) is 22.4 Å². The van der Waals surface area contributed by atoms with E-state index in [0.29, 0.717) is 12.5 Å². The van der Waals surface area contributed by atoms with E-state index in [2.05, 4.69) is 4.98 Å². The molecule has 0 aliphatic heterocycles. The van der Waals surface area contributed by atoms with Crippen LogP contribution in [0.15, 0.2) is 30.5 Å². The van der Waals surface area contributed by atoms with Gasteiger partial charge in [0.1, 0.15) is 5.82 Å². The average molecular weight is 304 g/mol. The predicted octanol–water partition coefficient (Wildman–Crippen LogP) is 4.37. The van der Waals surface area contributed by atoms with Crippen LogP contribution in [0.2, 0.25) is 5.02 Å². The van der Waals surface area contributed by atoms with Gasteiger partial charge in [0.25, 0.3) is 0 Å². The van der Waals surface area contributed by atoms with Crippen molar-refractivity contribution in [2.75, 3.05) is 0 Å². The van der Waals surface area contributed by atoms with Crippen molar-refractivity contribution in [3.8, 4) is 11.3 Å². The maximum Gasteiger partial charge on any atom is 0.417 e. The first kappa shape index (κ1) is 14.5. The summed E-state index contributed by atoms with van der Waals surface area (Å²) in [5.74, 6) is -0.771. The number of aromatic nitrogens is 1. The third kappa shape index (κ3) is 2.80. The lowest BCUT2D eigenvalue weighted by atomic mass is 10.1. The number of hydrogen-bond acceptors (Lipinski definition) is 2. The Morgan fingerprint density at radius 1 is 1.20 bits per heavy atom. The predicted molar refractivity (Wildman–Crippen MR) is 65.0 cm³/mol. The van der Waals surface area contributed by atoms with Crippen molar-refractivity contribution in [2.24, 2.45) is 0 Å². The molecule has 2 nitrogen and oxygen atoms in total. The number of rotatable bonds is 2. The Balaban J connectivity index is 2.49. The van der Waals surface area contributed by atoms with Crippen LogP contribution in [-0.4, -0.2) is 11.3 Å². The van der Waals surface area contributed by atoms with Crippen molar-refractivity contribution < 1.29 is 22.4 Å². The van der Waals surface area contributed by atoms with Gasteiger partial charge in [-0.25, -0.2) is 4.39 Å². The Labute approximate surface area is 116 Å². The molecule has 20 heavy (non-hydrogen) atoms. The number of pyridine rings is 1. The zero-order valence-electron chi connectivity index (χ0n) is 9.71. The number of aldehydes is 1. The van der Waals surface area contributed by atoms with Gasteiger partial charge >= 0.3 is 6.18 Å².